The molecule has 0 saturated carbocycles. The van der Waals surface area contributed by atoms with Crippen LogP contribution in [-0.2, 0) is 11.2 Å². The van der Waals surface area contributed by atoms with Crippen molar-refractivity contribution in [2.45, 2.75) is 19.4 Å². The molecule has 0 aliphatic carbocycles. The fraction of sp³-hybridized carbons (Fsp3) is 0.296. The van der Waals surface area contributed by atoms with E-state index in [9.17, 15) is 4.79 Å². The van der Waals surface area contributed by atoms with Gasteiger partial charge < -0.3 is 19.3 Å². The molecule has 34 heavy (non-hydrogen) atoms. The van der Waals surface area contributed by atoms with E-state index in [1.807, 2.05) is 60.4 Å². The number of rotatable bonds is 6. The summed E-state index contributed by atoms with van der Waals surface area (Å²) in [6, 6.07) is 19.4. The van der Waals surface area contributed by atoms with Crippen molar-refractivity contribution in [3.8, 4) is 11.5 Å². The zero-order valence-electron chi connectivity index (χ0n) is 19.6. The van der Waals surface area contributed by atoms with Crippen LogP contribution >= 0.6 is 23.2 Å². The first-order valence-corrected chi connectivity index (χ1v) is 11.9. The SMILES string of the molecule is COc1cccc(CC(=O)N2CCN(c3ccc(C)cc3Cl)C(c3ccc(Cl)cc3)C2)c1OC. The number of halogens is 2. The van der Waals surface area contributed by atoms with Gasteiger partial charge in [0.1, 0.15) is 0 Å². The lowest BCUT2D eigenvalue weighted by Crippen LogP contribution is -2.51. The molecule has 0 N–H and O–H groups in total. The second-order valence-electron chi connectivity index (χ2n) is 8.38. The second-order valence-corrected chi connectivity index (χ2v) is 9.23. The second kappa shape index (κ2) is 10.6. The summed E-state index contributed by atoms with van der Waals surface area (Å²) in [5.41, 5.74) is 3.96. The molecule has 178 valence electrons. The first-order valence-electron chi connectivity index (χ1n) is 11.2. The van der Waals surface area contributed by atoms with Crippen LogP contribution in [0.1, 0.15) is 22.7 Å². The molecule has 3 aromatic carbocycles. The van der Waals surface area contributed by atoms with E-state index in [1.165, 1.54) is 0 Å². The molecule has 0 radical (unpaired) electrons. The highest BCUT2D eigenvalue weighted by molar-refractivity contribution is 6.33. The fourth-order valence-corrected chi connectivity index (χ4v) is 4.95. The van der Waals surface area contributed by atoms with Crippen molar-refractivity contribution in [2.75, 3.05) is 38.8 Å². The van der Waals surface area contributed by atoms with E-state index in [4.69, 9.17) is 32.7 Å². The highest BCUT2D eigenvalue weighted by atomic mass is 35.5. The Labute approximate surface area is 210 Å². The lowest BCUT2D eigenvalue weighted by atomic mass is 10.00. The zero-order chi connectivity index (χ0) is 24.2. The largest absolute Gasteiger partial charge is 0.493 e. The number of methoxy groups -OCH3 is 2. The zero-order valence-corrected chi connectivity index (χ0v) is 21.1. The minimum Gasteiger partial charge on any atom is -0.493 e. The highest BCUT2D eigenvalue weighted by Gasteiger charge is 2.32. The van der Waals surface area contributed by atoms with Crippen molar-refractivity contribution in [3.05, 3.63) is 87.4 Å². The molecule has 0 aromatic heterocycles. The van der Waals surface area contributed by atoms with E-state index in [1.54, 1.807) is 14.2 Å². The molecule has 1 heterocycles. The van der Waals surface area contributed by atoms with Gasteiger partial charge >= 0.3 is 0 Å². The Morgan fingerprint density at radius 1 is 1.00 bits per heavy atom. The van der Waals surface area contributed by atoms with E-state index in [2.05, 4.69) is 17.0 Å². The third-order valence-electron chi connectivity index (χ3n) is 6.23. The molecule has 1 amide bonds. The van der Waals surface area contributed by atoms with Crippen LogP contribution in [0.3, 0.4) is 0 Å². The number of para-hydroxylation sites is 1. The molecular formula is C27H28Cl2N2O3. The smallest absolute Gasteiger partial charge is 0.227 e. The molecule has 1 aliphatic rings. The number of piperazine rings is 1. The van der Waals surface area contributed by atoms with Gasteiger partial charge in [-0.05, 0) is 48.4 Å². The van der Waals surface area contributed by atoms with Crippen LogP contribution in [0.15, 0.2) is 60.7 Å². The van der Waals surface area contributed by atoms with Crippen LogP contribution in [0.25, 0.3) is 0 Å². The summed E-state index contributed by atoms with van der Waals surface area (Å²) in [7, 11) is 3.18. The van der Waals surface area contributed by atoms with Crippen molar-refractivity contribution < 1.29 is 14.3 Å². The maximum atomic E-state index is 13.4. The molecule has 1 saturated heterocycles. The van der Waals surface area contributed by atoms with Crippen molar-refractivity contribution in [1.82, 2.24) is 4.90 Å². The van der Waals surface area contributed by atoms with Gasteiger partial charge in [0.15, 0.2) is 11.5 Å². The minimum atomic E-state index is -0.0534. The van der Waals surface area contributed by atoms with Crippen LogP contribution in [0.2, 0.25) is 10.0 Å². The molecule has 0 bridgehead atoms. The predicted molar refractivity (Wildman–Crippen MR) is 138 cm³/mol. The minimum absolute atomic E-state index is 0.0418. The molecule has 5 nitrogen and oxygen atoms in total. The lowest BCUT2D eigenvalue weighted by Gasteiger charge is -2.43. The maximum Gasteiger partial charge on any atom is 0.227 e. The molecular weight excluding hydrogens is 471 g/mol. The number of amides is 1. The summed E-state index contributed by atoms with van der Waals surface area (Å²) in [4.78, 5) is 17.6. The number of nitrogens with zero attached hydrogens (tertiary/aromatic N) is 2. The van der Waals surface area contributed by atoms with Gasteiger partial charge in [-0.1, -0.05) is 53.5 Å². The summed E-state index contributed by atoms with van der Waals surface area (Å²) in [6.07, 6.45) is 0.235. The molecule has 1 fully saturated rings. The number of hydrogen-bond donors (Lipinski definition) is 0. The van der Waals surface area contributed by atoms with Crippen LogP contribution < -0.4 is 14.4 Å². The number of carbonyl (C=O) groups is 1. The predicted octanol–water partition coefficient (Wildman–Crippen LogP) is 5.95. The van der Waals surface area contributed by atoms with E-state index < -0.39 is 0 Å². The van der Waals surface area contributed by atoms with Crippen LogP contribution in [0, 0.1) is 6.92 Å². The third-order valence-corrected chi connectivity index (χ3v) is 6.78. The van der Waals surface area contributed by atoms with Gasteiger partial charge in [-0.15, -0.1) is 0 Å². The first-order chi connectivity index (χ1) is 16.4. The fourth-order valence-electron chi connectivity index (χ4n) is 4.48. The number of benzene rings is 3. The molecule has 1 atom stereocenters. The quantitative estimate of drug-likeness (QED) is 0.420. The Kier molecular flexibility index (Phi) is 7.54. The molecule has 1 unspecified atom stereocenters. The Morgan fingerprint density at radius 2 is 1.76 bits per heavy atom. The number of hydrogen-bond acceptors (Lipinski definition) is 4. The van der Waals surface area contributed by atoms with Gasteiger partial charge in [-0.25, -0.2) is 0 Å². The average Bonchev–Trinajstić information content (AvgIpc) is 2.84. The van der Waals surface area contributed by atoms with E-state index in [0.29, 0.717) is 41.2 Å². The Balaban J connectivity index is 1.61. The summed E-state index contributed by atoms with van der Waals surface area (Å²) >= 11 is 12.8. The molecule has 1 aliphatic heterocycles. The number of ether oxygens (including phenoxy) is 2. The highest BCUT2D eigenvalue weighted by Crippen LogP contribution is 2.37. The van der Waals surface area contributed by atoms with Gasteiger partial charge in [0.25, 0.3) is 0 Å². The lowest BCUT2D eigenvalue weighted by molar-refractivity contribution is -0.131. The average molecular weight is 499 g/mol. The summed E-state index contributed by atoms with van der Waals surface area (Å²) in [5, 5.41) is 1.39. The van der Waals surface area contributed by atoms with Crippen molar-refractivity contribution in [1.29, 1.82) is 0 Å². The topological polar surface area (TPSA) is 42.0 Å². The molecule has 4 rings (SSSR count). The van der Waals surface area contributed by atoms with E-state index in [-0.39, 0.29) is 18.4 Å². The van der Waals surface area contributed by atoms with Crippen LogP contribution in [-0.4, -0.2) is 44.7 Å². The standard InChI is InChI=1S/C27H28Cl2N2O3/c1-18-7-12-23(22(29)15-18)31-14-13-30(17-24(31)19-8-10-21(28)11-9-19)26(32)16-20-5-4-6-25(33-2)27(20)34-3/h4-12,15,24H,13-14,16-17H2,1-3H3. The van der Waals surface area contributed by atoms with E-state index >= 15 is 0 Å². The molecule has 3 aromatic rings. The Morgan fingerprint density at radius 3 is 2.44 bits per heavy atom. The van der Waals surface area contributed by atoms with Crippen LogP contribution in [0.5, 0.6) is 11.5 Å². The first kappa shape index (κ1) is 24.2. The maximum absolute atomic E-state index is 13.4. The Bertz CT molecular complexity index is 1170. The van der Waals surface area contributed by atoms with Crippen molar-refractivity contribution >= 4 is 34.8 Å². The van der Waals surface area contributed by atoms with Gasteiger partial charge in [0.05, 0.1) is 37.4 Å². The van der Waals surface area contributed by atoms with Crippen molar-refractivity contribution in [3.63, 3.8) is 0 Å². The number of carbonyl (C=O) groups excluding carboxylic acids is 1. The monoisotopic (exact) mass is 498 g/mol. The summed E-state index contributed by atoms with van der Waals surface area (Å²) in [5.74, 6) is 1.25. The molecule has 0 spiro atoms. The number of aryl methyl sites for hydroxylation is 1. The summed E-state index contributed by atoms with van der Waals surface area (Å²) in [6.45, 7) is 3.82. The van der Waals surface area contributed by atoms with Gasteiger partial charge in [-0.3, -0.25) is 4.79 Å². The summed E-state index contributed by atoms with van der Waals surface area (Å²) < 4.78 is 10.9. The van der Waals surface area contributed by atoms with E-state index in [0.717, 1.165) is 22.4 Å². The van der Waals surface area contributed by atoms with Crippen LogP contribution in [0.4, 0.5) is 5.69 Å². The van der Waals surface area contributed by atoms with Gasteiger partial charge in [0, 0.05) is 30.2 Å². The third kappa shape index (κ3) is 5.11. The van der Waals surface area contributed by atoms with Gasteiger partial charge in [-0.2, -0.15) is 0 Å². The normalized spacial score (nSPS) is 15.9. The molecule has 7 heteroatoms. The van der Waals surface area contributed by atoms with Crippen molar-refractivity contribution in [2.24, 2.45) is 0 Å². The number of anilines is 1. The Hall–Kier alpha value is -2.89. The van der Waals surface area contributed by atoms with Gasteiger partial charge in [0.2, 0.25) is 5.91 Å².